The lowest BCUT2D eigenvalue weighted by Gasteiger charge is -2.11. The molecule has 0 radical (unpaired) electrons. The maximum absolute atomic E-state index is 13.4. The molecular weight excluding hydrogens is 312 g/mol. The molecule has 22 heavy (non-hydrogen) atoms. The Morgan fingerprint density at radius 2 is 1.73 bits per heavy atom. The van der Waals surface area contributed by atoms with Gasteiger partial charge in [-0.05, 0) is 49.2 Å². The number of para-hydroxylation sites is 1. The molecule has 0 unspecified atom stereocenters. The van der Waals surface area contributed by atoms with Crippen molar-refractivity contribution < 1.29 is 18.3 Å². The van der Waals surface area contributed by atoms with Gasteiger partial charge in [0.05, 0.1) is 0 Å². The summed E-state index contributed by atoms with van der Waals surface area (Å²) in [5.41, 5.74) is 1.15. The van der Waals surface area contributed by atoms with Gasteiger partial charge in [-0.1, -0.05) is 17.7 Å². The molecule has 0 spiro atoms. The van der Waals surface area contributed by atoms with Crippen LogP contribution in [0.3, 0.4) is 0 Å². The minimum Gasteiger partial charge on any atom is -0.484 e. The third kappa shape index (κ3) is 3.74. The lowest BCUT2D eigenvalue weighted by molar-refractivity contribution is -0.118. The number of carbonyl (C=O) groups excluding carboxylic acids is 1. The van der Waals surface area contributed by atoms with Gasteiger partial charge < -0.3 is 10.1 Å². The van der Waals surface area contributed by atoms with Crippen LogP contribution < -0.4 is 10.1 Å². The summed E-state index contributed by atoms with van der Waals surface area (Å²) in [4.78, 5) is 11.7. The molecule has 2 aromatic rings. The van der Waals surface area contributed by atoms with Gasteiger partial charge in [0.2, 0.25) is 0 Å². The maximum Gasteiger partial charge on any atom is 0.262 e. The van der Waals surface area contributed by atoms with E-state index in [1.807, 2.05) is 13.8 Å². The molecular formula is C16H14ClF2NO2. The van der Waals surface area contributed by atoms with Gasteiger partial charge in [0, 0.05) is 5.02 Å². The van der Waals surface area contributed by atoms with Crippen molar-refractivity contribution in [3.63, 3.8) is 0 Å². The van der Waals surface area contributed by atoms with E-state index in [0.29, 0.717) is 10.8 Å². The van der Waals surface area contributed by atoms with Gasteiger partial charge in [-0.2, -0.15) is 0 Å². The Balaban J connectivity index is 2.02. The highest BCUT2D eigenvalue weighted by Gasteiger charge is 2.12. The normalized spacial score (nSPS) is 10.4. The van der Waals surface area contributed by atoms with Crippen LogP contribution >= 0.6 is 11.6 Å². The predicted octanol–water partition coefficient (Wildman–Crippen LogP) is 4.25. The second-order valence-corrected chi connectivity index (χ2v) is 5.18. The smallest absolute Gasteiger partial charge is 0.262 e. The molecule has 0 aliphatic heterocycles. The Morgan fingerprint density at radius 3 is 2.27 bits per heavy atom. The molecule has 6 heteroatoms. The van der Waals surface area contributed by atoms with E-state index in [0.717, 1.165) is 23.3 Å². The van der Waals surface area contributed by atoms with Crippen LogP contribution in [0.4, 0.5) is 14.5 Å². The number of ether oxygens (including phenoxy) is 1. The summed E-state index contributed by atoms with van der Waals surface area (Å²) in [7, 11) is 0. The Labute approximate surface area is 131 Å². The van der Waals surface area contributed by atoms with E-state index >= 15 is 0 Å². The molecule has 1 N–H and O–H groups in total. The van der Waals surface area contributed by atoms with Gasteiger partial charge in [0.15, 0.2) is 6.61 Å². The first-order valence-corrected chi connectivity index (χ1v) is 6.89. The highest BCUT2D eigenvalue weighted by Crippen LogP contribution is 2.26. The van der Waals surface area contributed by atoms with Gasteiger partial charge in [0.1, 0.15) is 23.1 Å². The summed E-state index contributed by atoms with van der Waals surface area (Å²) in [6.45, 7) is 3.27. The Kier molecular flexibility index (Phi) is 4.98. The fraction of sp³-hybridized carbons (Fsp3) is 0.188. The number of anilines is 1. The maximum atomic E-state index is 13.4. The van der Waals surface area contributed by atoms with Gasteiger partial charge in [0.25, 0.3) is 5.91 Å². The number of hydrogen-bond acceptors (Lipinski definition) is 2. The number of halogens is 3. The van der Waals surface area contributed by atoms with E-state index in [1.54, 1.807) is 12.1 Å². The molecule has 0 aliphatic rings. The monoisotopic (exact) mass is 325 g/mol. The highest BCUT2D eigenvalue weighted by molar-refractivity contribution is 6.32. The molecule has 0 atom stereocenters. The molecule has 3 nitrogen and oxygen atoms in total. The van der Waals surface area contributed by atoms with Crippen molar-refractivity contribution in [1.82, 2.24) is 0 Å². The van der Waals surface area contributed by atoms with E-state index < -0.39 is 23.2 Å². The topological polar surface area (TPSA) is 38.3 Å². The van der Waals surface area contributed by atoms with Crippen LogP contribution in [0.15, 0.2) is 30.3 Å². The average Bonchev–Trinajstić information content (AvgIpc) is 2.46. The summed E-state index contributed by atoms with van der Waals surface area (Å²) in [6, 6.07) is 6.71. The summed E-state index contributed by atoms with van der Waals surface area (Å²) >= 11 is 6.04. The van der Waals surface area contributed by atoms with Crippen LogP contribution in [0.5, 0.6) is 5.75 Å². The van der Waals surface area contributed by atoms with Crippen molar-refractivity contribution in [3.05, 3.63) is 58.1 Å². The van der Waals surface area contributed by atoms with Crippen molar-refractivity contribution in [2.45, 2.75) is 13.8 Å². The molecule has 0 bridgehead atoms. The summed E-state index contributed by atoms with van der Waals surface area (Å²) < 4.78 is 32.1. The number of rotatable bonds is 4. The fourth-order valence-electron chi connectivity index (χ4n) is 1.93. The van der Waals surface area contributed by atoms with E-state index in [-0.39, 0.29) is 6.61 Å². The number of aryl methyl sites for hydroxylation is 2. The van der Waals surface area contributed by atoms with Gasteiger partial charge in [-0.25, -0.2) is 8.78 Å². The van der Waals surface area contributed by atoms with Crippen molar-refractivity contribution in [3.8, 4) is 5.75 Å². The average molecular weight is 326 g/mol. The molecule has 116 valence electrons. The van der Waals surface area contributed by atoms with Crippen LogP contribution in [0.25, 0.3) is 0 Å². The molecule has 0 saturated heterocycles. The van der Waals surface area contributed by atoms with Gasteiger partial charge in [-0.15, -0.1) is 0 Å². The second kappa shape index (κ2) is 6.75. The fourth-order valence-corrected chi connectivity index (χ4v) is 2.04. The van der Waals surface area contributed by atoms with Crippen molar-refractivity contribution in [2.24, 2.45) is 0 Å². The summed E-state index contributed by atoms with van der Waals surface area (Å²) in [5, 5.41) is 2.78. The number of carbonyl (C=O) groups is 1. The highest BCUT2D eigenvalue weighted by atomic mass is 35.5. The van der Waals surface area contributed by atoms with E-state index in [1.165, 1.54) is 6.07 Å². The van der Waals surface area contributed by atoms with Crippen molar-refractivity contribution in [2.75, 3.05) is 11.9 Å². The van der Waals surface area contributed by atoms with Crippen LogP contribution in [0.1, 0.15) is 11.1 Å². The SMILES string of the molecule is Cc1cc(OCC(=O)Nc2c(F)cccc2F)cc(C)c1Cl. The summed E-state index contributed by atoms with van der Waals surface area (Å²) in [6.07, 6.45) is 0. The first kappa shape index (κ1) is 16.2. The lowest BCUT2D eigenvalue weighted by Crippen LogP contribution is -2.21. The molecule has 2 rings (SSSR count). The Hall–Kier alpha value is -2.14. The Bertz CT molecular complexity index is 676. The quantitative estimate of drug-likeness (QED) is 0.912. The first-order valence-electron chi connectivity index (χ1n) is 6.52. The second-order valence-electron chi connectivity index (χ2n) is 4.80. The number of hydrogen-bond donors (Lipinski definition) is 1. The Morgan fingerprint density at radius 1 is 1.18 bits per heavy atom. The minimum atomic E-state index is -0.841. The van der Waals surface area contributed by atoms with Crippen molar-refractivity contribution >= 4 is 23.2 Å². The summed E-state index contributed by atoms with van der Waals surface area (Å²) in [5.74, 6) is -1.88. The molecule has 0 aliphatic carbocycles. The van der Waals surface area contributed by atoms with Crippen molar-refractivity contribution in [1.29, 1.82) is 0 Å². The molecule has 0 saturated carbocycles. The molecule has 1 amide bonds. The van der Waals surface area contributed by atoms with Crippen LogP contribution in [0, 0.1) is 25.5 Å². The zero-order valence-corrected chi connectivity index (χ0v) is 12.8. The van der Waals surface area contributed by atoms with E-state index in [9.17, 15) is 13.6 Å². The molecule has 2 aromatic carbocycles. The third-order valence-electron chi connectivity index (χ3n) is 3.01. The van der Waals surface area contributed by atoms with Crippen LogP contribution in [-0.2, 0) is 4.79 Å². The first-order chi connectivity index (χ1) is 10.4. The largest absolute Gasteiger partial charge is 0.484 e. The van der Waals surface area contributed by atoms with Crippen LogP contribution in [0.2, 0.25) is 5.02 Å². The van der Waals surface area contributed by atoms with Gasteiger partial charge in [-0.3, -0.25) is 4.79 Å². The number of nitrogens with one attached hydrogen (secondary N) is 1. The lowest BCUT2D eigenvalue weighted by atomic mass is 10.1. The third-order valence-corrected chi connectivity index (χ3v) is 3.60. The molecule has 0 fully saturated rings. The zero-order valence-electron chi connectivity index (χ0n) is 12.0. The molecule has 0 aromatic heterocycles. The minimum absolute atomic E-state index is 0.367. The predicted molar refractivity (Wildman–Crippen MR) is 81.4 cm³/mol. The van der Waals surface area contributed by atoms with Gasteiger partial charge >= 0.3 is 0 Å². The molecule has 0 heterocycles. The zero-order chi connectivity index (χ0) is 16.3. The number of benzene rings is 2. The number of amides is 1. The van der Waals surface area contributed by atoms with Crippen LogP contribution in [-0.4, -0.2) is 12.5 Å². The van der Waals surface area contributed by atoms with E-state index in [2.05, 4.69) is 5.32 Å². The van der Waals surface area contributed by atoms with E-state index in [4.69, 9.17) is 16.3 Å². The standard InChI is InChI=1S/C16H14ClF2NO2/c1-9-6-11(7-10(2)15(9)17)22-8-14(21)20-16-12(18)4-3-5-13(16)19/h3-7H,8H2,1-2H3,(H,20,21).